The van der Waals surface area contributed by atoms with Crippen molar-refractivity contribution in [1.29, 1.82) is 0 Å². The van der Waals surface area contributed by atoms with Crippen LogP contribution in [0.2, 0.25) is 0 Å². The Kier molecular flexibility index (Phi) is 39.7. The molecule has 0 fully saturated rings. The van der Waals surface area contributed by atoms with E-state index < -0.39 is 12.1 Å². The number of ether oxygens (including phenoxy) is 4. The first-order valence-electron chi connectivity index (χ1n) is 25.3. The minimum absolute atomic E-state index is 0.114. The molecule has 7 nitrogen and oxygen atoms in total. The number of rotatable bonds is 44. The number of benzene rings is 1. The Morgan fingerprint density at radius 1 is 0.500 bits per heavy atom. The first-order valence-corrected chi connectivity index (χ1v) is 25.3. The van der Waals surface area contributed by atoms with Crippen molar-refractivity contribution < 1.29 is 33.3 Å². The van der Waals surface area contributed by atoms with Crippen molar-refractivity contribution in [3.63, 3.8) is 0 Å². The van der Waals surface area contributed by atoms with E-state index in [0.717, 1.165) is 83.7 Å². The minimum atomic E-state index is -0.837. The van der Waals surface area contributed by atoms with Crippen molar-refractivity contribution >= 4 is 17.9 Å². The van der Waals surface area contributed by atoms with E-state index in [4.69, 9.17) is 18.9 Å². The molecule has 0 heterocycles. The number of carbonyl (C=O) groups excluding carboxylic acids is 3. The van der Waals surface area contributed by atoms with E-state index in [-0.39, 0.29) is 25.2 Å². The molecule has 0 saturated heterocycles. The van der Waals surface area contributed by atoms with Gasteiger partial charge in [-0.3, -0.25) is 9.59 Å². The zero-order valence-electron chi connectivity index (χ0n) is 39.3. The van der Waals surface area contributed by atoms with Crippen LogP contribution in [0.25, 0.3) is 0 Å². The summed E-state index contributed by atoms with van der Waals surface area (Å²) in [6.07, 6.45) is 40.3. The van der Waals surface area contributed by atoms with E-state index >= 15 is 0 Å². The molecule has 0 radical (unpaired) electrons. The molecule has 0 aliphatic heterocycles. The number of unbranched alkanes of at least 4 members (excludes halogenated alkanes) is 29. The van der Waals surface area contributed by atoms with Crippen LogP contribution in [-0.2, 0) is 39.9 Å². The third-order valence-corrected chi connectivity index (χ3v) is 11.5. The topological polar surface area (TPSA) is 88.1 Å². The molecule has 1 aromatic carbocycles. The molecule has 0 unspecified atom stereocenters. The van der Waals surface area contributed by atoms with E-state index in [1.165, 1.54) is 134 Å². The molecule has 0 spiro atoms. The van der Waals surface area contributed by atoms with Gasteiger partial charge in [-0.15, -0.1) is 0 Å². The van der Waals surface area contributed by atoms with Gasteiger partial charge in [0.15, 0.2) is 6.10 Å². The van der Waals surface area contributed by atoms with Crippen molar-refractivity contribution in [2.24, 2.45) is 0 Å². The van der Waals surface area contributed by atoms with Gasteiger partial charge >= 0.3 is 17.9 Å². The second-order valence-corrected chi connectivity index (χ2v) is 17.4. The summed E-state index contributed by atoms with van der Waals surface area (Å²) in [5.74, 6) is -1.06. The van der Waals surface area contributed by atoms with Crippen LogP contribution in [0.4, 0.5) is 0 Å². The summed E-state index contributed by atoms with van der Waals surface area (Å²) < 4.78 is 22.6. The van der Waals surface area contributed by atoms with E-state index in [0.29, 0.717) is 25.0 Å². The highest BCUT2D eigenvalue weighted by Crippen LogP contribution is 2.16. The molecule has 0 amide bonds. The molecule has 7 heteroatoms. The highest BCUT2D eigenvalue weighted by atomic mass is 16.6. The minimum Gasteiger partial charge on any atom is -0.462 e. The fourth-order valence-electron chi connectivity index (χ4n) is 7.50. The maximum atomic E-state index is 13.0. The average molecular weight is 841 g/mol. The third-order valence-electron chi connectivity index (χ3n) is 11.5. The van der Waals surface area contributed by atoms with Gasteiger partial charge in [0.05, 0.1) is 6.61 Å². The molecule has 0 atom stereocenters. The lowest BCUT2D eigenvalue weighted by atomic mass is 10.0. The van der Waals surface area contributed by atoms with Gasteiger partial charge in [0, 0.05) is 25.0 Å². The molecular weight excluding hydrogens is 749 g/mol. The predicted molar refractivity (Wildman–Crippen MR) is 250 cm³/mol. The third kappa shape index (κ3) is 37.1. The number of carbonyl (C=O) groups is 3. The molecule has 0 saturated carbocycles. The molecule has 1 aromatic rings. The maximum absolute atomic E-state index is 13.0. The number of hydrogen-bond acceptors (Lipinski definition) is 7. The number of hydrogen-bond donors (Lipinski definition) is 0. The summed E-state index contributed by atoms with van der Waals surface area (Å²) >= 11 is 0. The van der Waals surface area contributed by atoms with E-state index in [1.807, 2.05) is 24.3 Å². The molecule has 0 bridgehead atoms. The average Bonchev–Trinajstić information content (AvgIpc) is 3.25. The molecule has 0 aromatic heterocycles. The fraction of sp³-hybridized carbons (Fsp3) is 0.792. The molecular formula is C53H92O7. The Hall–Kier alpha value is -2.67. The van der Waals surface area contributed by atoms with Crippen LogP contribution in [0.15, 0.2) is 42.0 Å². The van der Waals surface area contributed by atoms with Crippen molar-refractivity contribution in [3.05, 3.63) is 47.5 Å². The lowest BCUT2D eigenvalue weighted by molar-refractivity contribution is -0.164. The smallest absolute Gasteiger partial charge is 0.333 e. The largest absolute Gasteiger partial charge is 0.462 e. The standard InChI is InChI=1S/C53H92O7/c1-4-6-8-10-12-14-16-18-20-22-24-29-36-42-51(54)58-46-50(47-59-52(55)43-37-30-25-23-21-19-17-15-13-11-9-7-5-2)60-53(56)48(3)39-33-28-26-27-31-38-44-57-45-49-40-34-32-35-41-49/h32,34-35,39-41,50H,4-31,33,36-38,42-47H2,1-3H3/b48-39+. The lowest BCUT2D eigenvalue weighted by Gasteiger charge is -2.18. The quantitative estimate of drug-likeness (QED) is 0.0280. The molecule has 1 rings (SSSR count). The highest BCUT2D eigenvalue weighted by molar-refractivity contribution is 5.87. The summed E-state index contributed by atoms with van der Waals surface area (Å²) in [6, 6.07) is 10.2. The predicted octanol–water partition coefficient (Wildman–Crippen LogP) is 15.5. The second-order valence-electron chi connectivity index (χ2n) is 17.4. The fourth-order valence-corrected chi connectivity index (χ4v) is 7.50. The Morgan fingerprint density at radius 3 is 1.32 bits per heavy atom. The van der Waals surface area contributed by atoms with Crippen molar-refractivity contribution in [3.8, 4) is 0 Å². The van der Waals surface area contributed by atoms with E-state index in [2.05, 4.69) is 26.0 Å². The second kappa shape index (κ2) is 43.0. The van der Waals surface area contributed by atoms with E-state index in [9.17, 15) is 14.4 Å². The summed E-state index contributed by atoms with van der Waals surface area (Å²) in [6.45, 7) is 7.48. The van der Waals surface area contributed by atoms with E-state index in [1.54, 1.807) is 6.92 Å². The van der Waals surface area contributed by atoms with Crippen LogP contribution in [0.3, 0.4) is 0 Å². The summed E-state index contributed by atoms with van der Waals surface area (Å²) in [7, 11) is 0. The molecule has 60 heavy (non-hydrogen) atoms. The Morgan fingerprint density at radius 2 is 0.883 bits per heavy atom. The normalized spacial score (nSPS) is 11.6. The van der Waals surface area contributed by atoms with Gasteiger partial charge in [-0.25, -0.2) is 4.79 Å². The highest BCUT2D eigenvalue weighted by Gasteiger charge is 2.20. The van der Waals surface area contributed by atoms with Crippen LogP contribution in [0, 0.1) is 0 Å². The molecule has 0 N–H and O–H groups in total. The van der Waals surface area contributed by atoms with Gasteiger partial charge in [0.1, 0.15) is 13.2 Å². The van der Waals surface area contributed by atoms with Gasteiger partial charge in [-0.2, -0.15) is 0 Å². The Bertz CT molecular complexity index is 1100. The van der Waals surface area contributed by atoms with Gasteiger partial charge in [0.2, 0.25) is 0 Å². The first-order chi connectivity index (χ1) is 29.5. The number of allylic oxidation sites excluding steroid dienone is 1. The Balaban J connectivity index is 2.35. The van der Waals surface area contributed by atoms with Crippen molar-refractivity contribution in [1.82, 2.24) is 0 Å². The Labute approximate surface area is 369 Å². The summed E-state index contributed by atoms with van der Waals surface area (Å²) in [5, 5.41) is 0. The zero-order chi connectivity index (χ0) is 43.4. The number of esters is 3. The zero-order valence-corrected chi connectivity index (χ0v) is 39.3. The van der Waals surface area contributed by atoms with Gasteiger partial charge in [-0.1, -0.05) is 224 Å². The molecule has 0 aliphatic carbocycles. The van der Waals surface area contributed by atoms with Crippen LogP contribution in [-0.4, -0.2) is 43.8 Å². The van der Waals surface area contributed by atoms with Crippen molar-refractivity contribution in [2.45, 2.75) is 252 Å². The lowest BCUT2D eigenvalue weighted by Crippen LogP contribution is -2.31. The first kappa shape index (κ1) is 55.3. The maximum Gasteiger partial charge on any atom is 0.333 e. The van der Waals surface area contributed by atoms with Crippen LogP contribution in [0.1, 0.15) is 245 Å². The van der Waals surface area contributed by atoms with Gasteiger partial charge in [0.25, 0.3) is 0 Å². The monoisotopic (exact) mass is 841 g/mol. The summed E-state index contributed by atoms with van der Waals surface area (Å²) in [4.78, 5) is 38.3. The molecule has 346 valence electrons. The van der Waals surface area contributed by atoms with Crippen molar-refractivity contribution in [2.75, 3.05) is 19.8 Å². The van der Waals surface area contributed by atoms with Crippen LogP contribution >= 0.6 is 0 Å². The molecule has 0 aliphatic rings. The van der Waals surface area contributed by atoms with Gasteiger partial charge < -0.3 is 18.9 Å². The SMILES string of the molecule is CCCCCCCCCCCCCCCC(=O)OCC(COC(=O)CCCCCCCCCCCCCCC)OC(=O)/C(C)=C/CCCCCCCOCc1ccccc1. The summed E-state index contributed by atoms with van der Waals surface area (Å²) in [5.41, 5.74) is 1.72. The van der Waals surface area contributed by atoms with Crippen LogP contribution in [0.5, 0.6) is 0 Å². The van der Waals surface area contributed by atoms with Crippen LogP contribution < -0.4 is 0 Å². The van der Waals surface area contributed by atoms with Gasteiger partial charge in [-0.05, 0) is 44.6 Å².